The van der Waals surface area contributed by atoms with E-state index in [0.29, 0.717) is 5.92 Å². The molecule has 1 aromatic carbocycles. The van der Waals surface area contributed by atoms with Crippen molar-refractivity contribution in [2.75, 3.05) is 13.2 Å². The maximum atomic E-state index is 6.09. The zero-order chi connectivity index (χ0) is 13.9. The largest absolute Gasteiger partial charge is 0.373 e. The number of hydrogen-bond acceptors (Lipinski definition) is 2. The summed E-state index contributed by atoms with van der Waals surface area (Å²) in [5.74, 6) is 0.520. The van der Waals surface area contributed by atoms with E-state index in [0.717, 1.165) is 24.6 Å². The van der Waals surface area contributed by atoms with E-state index in [1.54, 1.807) is 0 Å². The number of nitrogens with one attached hydrogen (secondary N) is 1. The summed E-state index contributed by atoms with van der Waals surface area (Å²) in [6.45, 7) is 8.44. The molecule has 1 fully saturated rings. The Morgan fingerprint density at radius 1 is 1.37 bits per heavy atom. The highest BCUT2D eigenvalue weighted by Gasteiger charge is 2.28. The third-order valence-electron chi connectivity index (χ3n) is 3.52. The molecule has 1 aromatic rings. The lowest BCUT2D eigenvalue weighted by Crippen LogP contribution is -2.41. The highest BCUT2D eigenvalue weighted by molar-refractivity contribution is 6.30. The molecule has 19 heavy (non-hydrogen) atoms. The Balaban J connectivity index is 2.07. The van der Waals surface area contributed by atoms with E-state index in [1.165, 1.54) is 12.0 Å². The van der Waals surface area contributed by atoms with Crippen molar-refractivity contribution in [3.05, 3.63) is 34.9 Å². The molecule has 2 nitrogen and oxygen atoms in total. The maximum Gasteiger partial charge on any atom is 0.0865 e. The monoisotopic (exact) mass is 281 g/mol. The van der Waals surface area contributed by atoms with E-state index in [4.69, 9.17) is 16.3 Å². The second kappa shape index (κ2) is 6.25. The van der Waals surface area contributed by atoms with Gasteiger partial charge in [-0.1, -0.05) is 23.7 Å². The van der Waals surface area contributed by atoms with Crippen LogP contribution in [-0.4, -0.2) is 18.7 Å². The van der Waals surface area contributed by atoms with Crippen LogP contribution in [-0.2, 0) is 4.74 Å². The first-order valence-corrected chi connectivity index (χ1v) is 7.45. The Morgan fingerprint density at radius 3 is 2.84 bits per heavy atom. The zero-order valence-electron chi connectivity index (χ0n) is 12.1. The smallest absolute Gasteiger partial charge is 0.0865 e. The first-order valence-electron chi connectivity index (χ1n) is 7.08. The second-order valence-corrected chi connectivity index (χ2v) is 6.82. The van der Waals surface area contributed by atoms with Crippen LogP contribution < -0.4 is 5.32 Å². The molecule has 0 spiro atoms. The minimum absolute atomic E-state index is 0.149. The van der Waals surface area contributed by atoms with Crippen molar-refractivity contribution in [2.24, 2.45) is 5.92 Å². The normalized spacial score (nSPS) is 24.4. The van der Waals surface area contributed by atoms with Crippen LogP contribution in [0.25, 0.3) is 0 Å². The Bertz CT molecular complexity index is 413. The van der Waals surface area contributed by atoms with E-state index in [2.05, 4.69) is 32.2 Å². The molecule has 1 heterocycles. The Morgan fingerprint density at radius 2 is 2.16 bits per heavy atom. The Labute approximate surface area is 121 Å². The summed E-state index contributed by atoms with van der Waals surface area (Å²) >= 11 is 6.09. The standard InChI is InChI=1S/C16H24ClNO/c1-16(2,3)18-11-13-7-5-9-19-15(13)12-6-4-8-14(17)10-12/h4,6,8,10,13,15,18H,5,7,9,11H2,1-3H3. The summed E-state index contributed by atoms with van der Waals surface area (Å²) in [7, 11) is 0. The molecule has 0 bridgehead atoms. The Hall–Kier alpha value is -0.570. The highest BCUT2D eigenvalue weighted by atomic mass is 35.5. The van der Waals surface area contributed by atoms with Crippen LogP contribution in [0.15, 0.2) is 24.3 Å². The minimum atomic E-state index is 0.149. The van der Waals surface area contributed by atoms with Gasteiger partial charge < -0.3 is 10.1 Å². The summed E-state index contributed by atoms with van der Waals surface area (Å²) in [4.78, 5) is 0. The van der Waals surface area contributed by atoms with Crippen LogP contribution in [0, 0.1) is 5.92 Å². The molecule has 0 saturated carbocycles. The molecule has 1 saturated heterocycles. The van der Waals surface area contributed by atoms with Gasteiger partial charge in [0.15, 0.2) is 0 Å². The first kappa shape index (κ1) is 14.8. The van der Waals surface area contributed by atoms with Gasteiger partial charge in [0.05, 0.1) is 6.10 Å². The Kier molecular flexibility index (Phi) is 4.88. The summed E-state index contributed by atoms with van der Waals surface area (Å²) in [5.41, 5.74) is 1.35. The lowest BCUT2D eigenvalue weighted by atomic mass is 9.89. The molecular weight excluding hydrogens is 258 g/mol. The SMILES string of the molecule is CC(C)(C)NCC1CCCOC1c1cccc(Cl)c1. The van der Waals surface area contributed by atoms with Gasteiger partial charge >= 0.3 is 0 Å². The fourth-order valence-electron chi connectivity index (χ4n) is 2.54. The predicted octanol–water partition coefficient (Wildman–Crippen LogP) is 4.20. The zero-order valence-corrected chi connectivity index (χ0v) is 12.8. The number of benzene rings is 1. The van der Waals surface area contributed by atoms with Gasteiger partial charge in [-0.05, 0) is 51.3 Å². The third kappa shape index (κ3) is 4.48. The average Bonchev–Trinajstić information content (AvgIpc) is 2.36. The van der Waals surface area contributed by atoms with Crippen molar-refractivity contribution >= 4 is 11.6 Å². The number of halogens is 1. The lowest BCUT2D eigenvalue weighted by Gasteiger charge is -2.34. The fourth-order valence-corrected chi connectivity index (χ4v) is 2.74. The van der Waals surface area contributed by atoms with Gasteiger partial charge in [0.2, 0.25) is 0 Å². The maximum absolute atomic E-state index is 6.09. The average molecular weight is 282 g/mol. The van der Waals surface area contributed by atoms with E-state index in [1.807, 2.05) is 18.2 Å². The lowest BCUT2D eigenvalue weighted by molar-refractivity contribution is -0.0292. The van der Waals surface area contributed by atoms with Crippen molar-refractivity contribution in [2.45, 2.75) is 45.3 Å². The van der Waals surface area contributed by atoms with E-state index in [-0.39, 0.29) is 11.6 Å². The van der Waals surface area contributed by atoms with Crippen molar-refractivity contribution in [3.8, 4) is 0 Å². The van der Waals surface area contributed by atoms with Gasteiger partial charge in [-0.2, -0.15) is 0 Å². The summed E-state index contributed by atoms with van der Waals surface area (Å²) in [5, 5.41) is 4.38. The first-order chi connectivity index (χ1) is 8.96. The van der Waals surface area contributed by atoms with Gasteiger partial charge in [-0.25, -0.2) is 0 Å². The van der Waals surface area contributed by atoms with Crippen LogP contribution in [0.4, 0.5) is 0 Å². The van der Waals surface area contributed by atoms with Crippen LogP contribution in [0.2, 0.25) is 5.02 Å². The molecule has 1 N–H and O–H groups in total. The molecule has 2 atom stereocenters. The van der Waals surface area contributed by atoms with E-state index < -0.39 is 0 Å². The van der Waals surface area contributed by atoms with Crippen LogP contribution in [0.5, 0.6) is 0 Å². The third-order valence-corrected chi connectivity index (χ3v) is 3.75. The van der Waals surface area contributed by atoms with Gasteiger partial charge in [0, 0.05) is 29.6 Å². The van der Waals surface area contributed by atoms with Crippen molar-refractivity contribution in [3.63, 3.8) is 0 Å². The van der Waals surface area contributed by atoms with Gasteiger partial charge in [-0.15, -0.1) is 0 Å². The van der Waals surface area contributed by atoms with Crippen molar-refractivity contribution in [1.82, 2.24) is 5.32 Å². The van der Waals surface area contributed by atoms with E-state index in [9.17, 15) is 0 Å². The van der Waals surface area contributed by atoms with Gasteiger partial charge in [0.1, 0.15) is 0 Å². The number of hydrogen-bond donors (Lipinski definition) is 1. The van der Waals surface area contributed by atoms with Crippen molar-refractivity contribution in [1.29, 1.82) is 0 Å². The predicted molar refractivity (Wildman–Crippen MR) is 80.6 cm³/mol. The molecule has 0 aromatic heterocycles. The molecular formula is C16H24ClNO. The van der Waals surface area contributed by atoms with E-state index >= 15 is 0 Å². The van der Waals surface area contributed by atoms with Crippen LogP contribution in [0.3, 0.4) is 0 Å². The molecule has 2 rings (SSSR count). The topological polar surface area (TPSA) is 21.3 Å². The fraction of sp³-hybridized carbons (Fsp3) is 0.625. The summed E-state index contributed by atoms with van der Waals surface area (Å²) in [6, 6.07) is 8.06. The molecule has 2 unspecified atom stereocenters. The molecule has 1 aliphatic rings. The molecule has 0 radical (unpaired) electrons. The summed E-state index contributed by atoms with van der Waals surface area (Å²) < 4.78 is 6.00. The minimum Gasteiger partial charge on any atom is -0.373 e. The van der Waals surface area contributed by atoms with Crippen LogP contribution >= 0.6 is 11.6 Å². The highest BCUT2D eigenvalue weighted by Crippen LogP contribution is 2.34. The molecule has 1 aliphatic heterocycles. The number of rotatable bonds is 3. The number of ether oxygens (including phenoxy) is 1. The van der Waals surface area contributed by atoms with Gasteiger partial charge in [0.25, 0.3) is 0 Å². The molecule has 3 heteroatoms. The molecule has 0 aliphatic carbocycles. The molecule has 106 valence electrons. The molecule has 0 amide bonds. The van der Waals surface area contributed by atoms with Crippen molar-refractivity contribution < 1.29 is 4.74 Å². The van der Waals surface area contributed by atoms with Gasteiger partial charge in [-0.3, -0.25) is 0 Å². The van der Waals surface area contributed by atoms with Crippen LogP contribution in [0.1, 0.15) is 45.3 Å². The quantitative estimate of drug-likeness (QED) is 0.897. The summed E-state index contributed by atoms with van der Waals surface area (Å²) in [6.07, 6.45) is 2.52. The second-order valence-electron chi connectivity index (χ2n) is 6.38.